The van der Waals surface area contributed by atoms with Gasteiger partial charge in [0.25, 0.3) is 0 Å². The van der Waals surface area contributed by atoms with E-state index in [2.05, 4.69) is 5.10 Å². The Morgan fingerprint density at radius 1 is 0.972 bits per heavy atom. The van der Waals surface area contributed by atoms with E-state index in [-0.39, 0.29) is 11.2 Å². The van der Waals surface area contributed by atoms with Crippen LogP contribution in [0.3, 0.4) is 0 Å². The number of benzene rings is 3. The molecular weight excluding hydrogens is 470 g/mol. The maximum absolute atomic E-state index is 12.9. The van der Waals surface area contributed by atoms with Crippen molar-refractivity contribution in [1.29, 1.82) is 0 Å². The fourth-order valence-corrected chi connectivity index (χ4v) is 4.71. The highest BCUT2D eigenvalue weighted by Crippen LogP contribution is 2.38. The molecule has 2 aromatic heterocycles. The molecular formula is C28H21N5O2S. The molecule has 1 aliphatic heterocycles. The molecule has 0 aliphatic carbocycles. The monoisotopic (exact) mass is 491 g/mol. The van der Waals surface area contributed by atoms with Crippen LogP contribution in [-0.2, 0) is 0 Å². The number of hydrazone groups is 1. The van der Waals surface area contributed by atoms with Crippen LogP contribution >= 0.6 is 12.2 Å². The number of nitrogens with two attached hydrogens (primary N) is 1. The largest absolute Gasteiger partial charge is 0.422 e. The predicted octanol–water partition coefficient (Wildman–Crippen LogP) is 5.04. The van der Waals surface area contributed by atoms with E-state index in [9.17, 15) is 4.79 Å². The maximum Gasteiger partial charge on any atom is 0.345 e. The Hall–Kier alpha value is -4.56. The molecule has 1 atom stereocenters. The molecule has 36 heavy (non-hydrogen) atoms. The van der Waals surface area contributed by atoms with Crippen LogP contribution in [0.1, 0.15) is 23.6 Å². The van der Waals surface area contributed by atoms with Gasteiger partial charge in [-0.1, -0.05) is 66.7 Å². The van der Waals surface area contributed by atoms with Crippen LogP contribution in [0.15, 0.2) is 112 Å². The molecule has 0 radical (unpaired) electrons. The average Bonchev–Trinajstić information content (AvgIpc) is 3.55. The summed E-state index contributed by atoms with van der Waals surface area (Å²) in [6.07, 6.45) is 2.40. The van der Waals surface area contributed by atoms with Gasteiger partial charge in [-0.25, -0.2) is 14.5 Å². The van der Waals surface area contributed by atoms with Crippen molar-refractivity contribution in [2.75, 3.05) is 0 Å². The first kappa shape index (κ1) is 21.9. The summed E-state index contributed by atoms with van der Waals surface area (Å²) >= 11 is 5.37. The lowest BCUT2D eigenvalue weighted by molar-refractivity contribution is 0.373. The Bertz CT molecular complexity index is 1680. The van der Waals surface area contributed by atoms with E-state index in [0.29, 0.717) is 23.3 Å². The van der Waals surface area contributed by atoms with Gasteiger partial charge in [0.05, 0.1) is 28.7 Å². The van der Waals surface area contributed by atoms with E-state index in [1.54, 1.807) is 11.1 Å². The second-order valence-corrected chi connectivity index (χ2v) is 8.93. The lowest BCUT2D eigenvalue weighted by Crippen LogP contribution is -2.31. The summed E-state index contributed by atoms with van der Waals surface area (Å²) in [6, 6.07) is 28.7. The minimum atomic E-state index is -0.445. The quantitative estimate of drug-likeness (QED) is 0.280. The summed E-state index contributed by atoms with van der Waals surface area (Å²) in [5.41, 5.74) is 10.8. The number of fused-ring (bicyclic) bond motifs is 1. The van der Waals surface area contributed by atoms with Crippen LogP contribution < -0.4 is 11.4 Å². The zero-order valence-electron chi connectivity index (χ0n) is 19.1. The molecule has 5 aromatic rings. The lowest BCUT2D eigenvalue weighted by atomic mass is 9.97. The van der Waals surface area contributed by atoms with Crippen molar-refractivity contribution in [2.45, 2.75) is 12.5 Å². The molecule has 1 aliphatic rings. The molecule has 0 fully saturated rings. The molecule has 6 rings (SSSR count). The number of aromatic nitrogens is 2. The van der Waals surface area contributed by atoms with E-state index < -0.39 is 5.63 Å². The van der Waals surface area contributed by atoms with Crippen molar-refractivity contribution < 1.29 is 4.42 Å². The molecule has 0 saturated heterocycles. The first-order valence-electron chi connectivity index (χ1n) is 11.5. The fraction of sp³-hybridized carbons (Fsp3) is 0.0714. The van der Waals surface area contributed by atoms with Gasteiger partial charge in [-0.3, -0.25) is 0 Å². The Labute approximate surface area is 212 Å². The Kier molecular flexibility index (Phi) is 5.42. The summed E-state index contributed by atoms with van der Waals surface area (Å²) in [6.45, 7) is 0. The van der Waals surface area contributed by atoms with Crippen LogP contribution in [-0.4, -0.2) is 25.6 Å². The van der Waals surface area contributed by atoms with Gasteiger partial charge in [0.15, 0.2) is 5.11 Å². The van der Waals surface area contributed by atoms with Gasteiger partial charge in [0.2, 0.25) is 0 Å². The molecule has 0 spiro atoms. The molecule has 8 heteroatoms. The SMILES string of the molecule is NC(=S)N1N=C(c2cc3ccccc3oc2=O)CC1c1cn(-c2ccccc2)nc1-c1ccccc1. The van der Waals surface area contributed by atoms with E-state index in [1.165, 1.54) is 0 Å². The van der Waals surface area contributed by atoms with Gasteiger partial charge in [-0.2, -0.15) is 10.2 Å². The summed E-state index contributed by atoms with van der Waals surface area (Å²) in [5, 5.41) is 12.1. The second-order valence-electron chi connectivity index (χ2n) is 8.51. The third-order valence-corrected chi connectivity index (χ3v) is 6.45. The second kappa shape index (κ2) is 8.90. The molecule has 3 aromatic carbocycles. The number of hydrogen-bond acceptors (Lipinski definition) is 5. The van der Waals surface area contributed by atoms with Gasteiger partial charge >= 0.3 is 5.63 Å². The predicted molar refractivity (Wildman–Crippen MR) is 144 cm³/mol. The highest BCUT2D eigenvalue weighted by Gasteiger charge is 2.35. The first-order chi connectivity index (χ1) is 17.6. The average molecular weight is 492 g/mol. The first-order valence-corrected chi connectivity index (χ1v) is 11.9. The standard InChI is InChI=1S/C28H21N5O2S/c29-28(36)33-24(16-23(30-33)21-15-19-11-7-8-14-25(19)35-27(21)34)22-17-32(20-12-5-2-6-13-20)31-26(22)18-9-3-1-4-10-18/h1-15,17,24H,16H2,(H2,29,36). The topological polar surface area (TPSA) is 89.6 Å². The van der Waals surface area contributed by atoms with Crippen LogP contribution in [0, 0.1) is 0 Å². The van der Waals surface area contributed by atoms with Gasteiger partial charge in [-0.15, -0.1) is 0 Å². The maximum atomic E-state index is 12.9. The number of nitrogens with zero attached hydrogens (tertiary/aromatic N) is 4. The van der Waals surface area contributed by atoms with Gasteiger partial charge in [0.1, 0.15) is 5.58 Å². The van der Waals surface area contributed by atoms with E-state index in [4.69, 9.17) is 27.5 Å². The number of para-hydroxylation sites is 2. The third kappa shape index (κ3) is 3.87. The molecule has 3 heterocycles. The molecule has 0 amide bonds. The van der Waals surface area contributed by atoms with Gasteiger partial charge in [0, 0.05) is 29.1 Å². The summed E-state index contributed by atoms with van der Waals surface area (Å²) in [7, 11) is 0. The number of rotatable bonds is 4. The molecule has 0 bridgehead atoms. The Morgan fingerprint density at radius 2 is 1.67 bits per heavy atom. The Balaban J connectivity index is 1.47. The summed E-state index contributed by atoms with van der Waals surface area (Å²) in [5.74, 6) is 0. The van der Waals surface area contributed by atoms with Crippen molar-refractivity contribution >= 4 is 34.0 Å². The molecule has 176 valence electrons. The molecule has 1 unspecified atom stereocenters. The van der Waals surface area contributed by atoms with Crippen LogP contribution in [0.2, 0.25) is 0 Å². The van der Waals surface area contributed by atoms with Crippen LogP contribution in [0.25, 0.3) is 27.9 Å². The zero-order valence-corrected chi connectivity index (χ0v) is 19.9. The minimum absolute atomic E-state index is 0.117. The lowest BCUT2D eigenvalue weighted by Gasteiger charge is -2.21. The number of thiocarbonyl (C=S) groups is 1. The van der Waals surface area contributed by atoms with E-state index >= 15 is 0 Å². The smallest absolute Gasteiger partial charge is 0.345 e. The summed E-state index contributed by atoms with van der Waals surface area (Å²) in [4.78, 5) is 12.9. The van der Waals surface area contributed by atoms with Crippen molar-refractivity contribution in [3.05, 3.63) is 119 Å². The minimum Gasteiger partial charge on any atom is -0.422 e. The van der Waals surface area contributed by atoms with Crippen molar-refractivity contribution in [1.82, 2.24) is 14.8 Å². The highest BCUT2D eigenvalue weighted by molar-refractivity contribution is 7.80. The van der Waals surface area contributed by atoms with Crippen LogP contribution in [0.5, 0.6) is 0 Å². The van der Waals surface area contributed by atoms with Crippen LogP contribution in [0.4, 0.5) is 0 Å². The van der Waals surface area contributed by atoms with Crippen molar-refractivity contribution in [2.24, 2.45) is 10.8 Å². The summed E-state index contributed by atoms with van der Waals surface area (Å²) < 4.78 is 7.41. The van der Waals surface area contributed by atoms with Gasteiger partial charge < -0.3 is 10.2 Å². The number of hydrogen-bond donors (Lipinski definition) is 1. The fourth-order valence-electron chi connectivity index (χ4n) is 4.55. The Morgan fingerprint density at radius 3 is 2.42 bits per heavy atom. The van der Waals surface area contributed by atoms with E-state index in [0.717, 1.165) is 27.9 Å². The van der Waals surface area contributed by atoms with Crippen molar-refractivity contribution in [3.63, 3.8) is 0 Å². The van der Waals surface area contributed by atoms with Gasteiger partial charge in [-0.05, 0) is 36.5 Å². The molecule has 2 N–H and O–H groups in total. The normalized spacial score (nSPS) is 15.3. The van der Waals surface area contributed by atoms with Crippen molar-refractivity contribution in [3.8, 4) is 16.9 Å². The highest BCUT2D eigenvalue weighted by atomic mass is 32.1. The third-order valence-electron chi connectivity index (χ3n) is 6.26. The zero-order chi connectivity index (χ0) is 24.6. The molecule has 7 nitrogen and oxygen atoms in total. The molecule has 0 saturated carbocycles. The van der Waals surface area contributed by atoms with E-state index in [1.807, 2.05) is 95.8 Å².